The Morgan fingerprint density at radius 2 is 1.95 bits per heavy atom. The Kier molecular flexibility index (Phi) is 4.28. The first-order valence-corrected chi connectivity index (χ1v) is 5.86. The molecule has 0 spiro atoms. The average Bonchev–Trinajstić information content (AvgIpc) is 2.51. The van der Waals surface area contributed by atoms with Gasteiger partial charge in [-0.15, -0.1) is 0 Å². The molecule has 0 saturated carbocycles. The van der Waals surface area contributed by atoms with Crippen LogP contribution in [0.1, 0.15) is 33.6 Å². The molecule has 1 saturated heterocycles. The first-order valence-electron chi connectivity index (χ1n) is 5.86. The monoisotopic (exact) mass is 271 g/mol. The summed E-state index contributed by atoms with van der Waals surface area (Å²) in [6, 6.07) is -1.35. The van der Waals surface area contributed by atoms with Gasteiger partial charge >= 0.3 is 11.9 Å². The first-order chi connectivity index (χ1) is 8.60. The van der Waals surface area contributed by atoms with Crippen molar-refractivity contribution in [2.45, 2.75) is 45.3 Å². The molecule has 1 atom stereocenters. The van der Waals surface area contributed by atoms with Crippen LogP contribution in [0.25, 0.3) is 0 Å². The fourth-order valence-corrected chi connectivity index (χ4v) is 1.76. The van der Waals surface area contributed by atoms with Crippen molar-refractivity contribution < 1.29 is 29.0 Å². The van der Waals surface area contributed by atoms with Gasteiger partial charge in [-0.25, -0.2) is 4.79 Å². The Bertz CT molecular complexity index is 422. The number of aliphatic carboxylic acids is 1. The second kappa shape index (κ2) is 5.38. The number of ketones is 1. The van der Waals surface area contributed by atoms with Crippen molar-refractivity contribution >= 4 is 23.6 Å². The lowest BCUT2D eigenvalue weighted by Crippen LogP contribution is -2.44. The second-order valence-electron chi connectivity index (χ2n) is 5.38. The lowest BCUT2D eigenvalue weighted by molar-refractivity contribution is -0.161. The maximum absolute atomic E-state index is 11.6. The largest absolute Gasteiger partial charge is 0.480 e. The number of rotatable bonds is 4. The Morgan fingerprint density at radius 1 is 1.37 bits per heavy atom. The van der Waals surface area contributed by atoms with E-state index in [2.05, 4.69) is 0 Å². The molecular weight excluding hydrogens is 254 g/mol. The van der Waals surface area contributed by atoms with Gasteiger partial charge in [0.15, 0.2) is 5.78 Å². The maximum Gasteiger partial charge on any atom is 0.327 e. The van der Waals surface area contributed by atoms with E-state index in [1.54, 1.807) is 20.8 Å². The van der Waals surface area contributed by atoms with E-state index in [1.165, 1.54) is 0 Å². The summed E-state index contributed by atoms with van der Waals surface area (Å²) in [6.07, 6.45) is -0.774. The minimum atomic E-state index is -1.35. The molecule has 7 heteroatoms. The molecule has 0 aliphatic carbocycles. The minimum Gasteiger partial charge on any atom is -0.480 e. The molecule has 0 aromatic rings. The summed E-state index contributed by atoms with van der Waals surface area (Å²) in [6.45, 7) is 4.71. The Hall–Kier alpha value is -1.92. The van der Waals surface area contributed by atoms with Crippen LogP contribution in [0.2, 0.25) is 0 Å². The van der Waals surface area contributed by atoms with Crippen LogP contribution >= 0.6 is 0 Å². The standard InChI is InChI=1S/C12H17NO6/c1-12(2,3)19-10(16)5-8(11(17)18)13-6-7(14)4-9(13)15/h8H,4-6H2,1-3H3,(H,17,18)/t8-/m0/s1. The zero-order chi connectivity index (χ0) is 14.8. The van der Waals surface area contributed by atoms with Crippen LogP contribution in [0.15, 0.2) is 0 Å². The Morgan fingerprint density at radius 3 is 2.32 bits per heavy atom. The highest BCUT2D eigenvalue weighted by Crippen LogP contribution is 2.16. The summed E-state index contributed by atoms with van der Waals surface area (Å²) < 4.78 is 5.01. The lowest BCUT2D eigenvalue weighted by atomic mass is 10.1. The van der Waals surface area contributed by atoms with Crippen molar-refractivity contribution in [1.82, 2.24) is 4.90 Å². The van der Waals surface area contributed by atoms with Crippen molar-refractivity contribution in [3.63, 3.8) is 0 Å². The van der Waals surface area contributed by atoms with E-state index >= 15 is 0 Å². The molecule has 0 aromatic heterocycles. The van der Waals surface area contributed by atoms with Gasteiger partial charge in [-0.2, -0.15) is 0 Å². The summed E-state index contributed by atoms with van der Waals surface area (Å²) in [5.41, 5.74) is -0.731. The summed E-state index contributed by atoms with van der Waals surface area (Å²) in [5, 5.41) is 9.07. The van der Waals surface area contributed by atoms with E-state index in [9.17, 15) is 19.2 Å². The van der Waals surface area contributed by atoms with E-state index in [-0.39, 0.29) is 18.7 Å². The van der Waals surface area contributed by atoms with E-state index < -0.39 is 35.9 Å². The fourth-order valence-electron chi connectivity index (χ4n) is 1.76. The van der Waals surface area contributed by atoms with Gasteiger partial charge in [0.1, 0.15) is 11.6 Å². The summed E-state index contributed by atoms with van der Waals surface area (Å²) in [5.74, 6) is -2.96. The number of hydrogen-bond acceptors (Lipinski definition) is 5. The zero-order valence-corrected chi connectivity index (χ0v) is 11.1. The average molecular weight is 271 g/mol. The number of likely N-dealkylation sites (tertiary alicyclic amines) is 1. The predicted octanol–water partition coefficient (Wildman–Crippen LogP) is -0.0272. The molecule has 1 heterocycles. The number of carboxylic acids is 1. The highest BCUT2D eigenvalue weighted by molar-refractivity contribution is 6.07. The molecule has 0 aromatic carbocycles. The van der Waals surface area contributed by atoms with Crippen LogP contribution in [-0.2, 0) is 23.9 Å². The third kappa shape index (κ3) is 4.35. The molecule has 106 valence electrons. The van der Waals surface area contributed by atoms with Crippen LogP contribution in [0.4, 0.5) is 0 Å². The third-order valence-electron chi connectivity index (χ3n) is 2.46. The van der Waals surface area contributed by atoms with Crippen molar-refractivity contribution in [2.75, 3.05) is 6.54 Å². The van der Waals surface area contributed by atoms with Crippen molar-refractivity contribution in [3.05, 3.63) is 0 Å². The quantitative estimate of drug-likeness (QED) is 0.569. The lowest BCUT2D eigenvalue weighted by Gasteiger charge is -2.25. The van der Waals surface area contributed by atoms with Crippen molar-refractivity contribution in [3.8, 4) is 0 Å². The van der Waals surface area contributed by atoms with Crippen LogP contribution in [0.3, 0.4) is 0 Å². The van der Waals surface area contributed by atoms with Gasteiger partial charge in [0.05, 0.1) is 19.4 Å². The molecule has 1 fully saturated rings. The van der Waals surface area contributed by atoms with E-state index in [4.69, 9.17) is 9.84 Å². The molecule has 0 unspecified atom stereocenters. The molecule has 1 rings (SSSR count). The molecule has 0 radical (unpaired) electrons. The molecule has 1 aliphatic rings. The molecule has 1 aliphatic heterocycles. The van der Waals surface area contributed by atoms with Gasteiger partial charge in [-0.05, 0) is 20.8 Å². The fraction of sp³-hybridized carbons (Fsp3) is 0.667. The number of carbonyl (C=O) groups excluding carboxylic acids is 3. The van der Waals surface area contributed by atoms with E-state index in [0.717, 1.165) is 4.90 Å². The molecule has 7 nitrogen and oxygen atoms in total. The van der Waals surface area contributed by atoms with E-state index in [0.29, 0.717) is 0 Å². The molecule has 1 N–H and O–H groups in total. The third-order valence-corrected chi connectivity index (χ3v) is 2.46. The summed E-state index contributed by atoms with van der Waals surface area (Å²) in [4.78, 5) is 46.3. The minimum absolute atomic E-state index is 0.265. The number of esters is 1. The number of ether oxygens (including phenoxy) is 1. The highest BCUT2D eigenvalue weighted by atomic mass is 16.6. The van der Waals surface area contributed by atoms with Gasteiger partial charge in [0.25, 0.3) is 0 Å². The number of Topliss-reactive ketones (excluding diaryl/α,β-unsaturated/α-hetero) is 1. The van der Waals surface area contributed by atoms with Gasteiger partial charge < -0.3 is 14.7 Å². The summed E-state index contributed by atoms with van der Waals surface area (Å²) >= 11 is 0. The number of amides is 1. The molecule has 19 heavy (non-hydrogen) atoms. The number of nitrogens with zero attached hydrogens (tertiary/aromatic N) is 1. The van der Waals surface area contributed by atoms with Gasteiger partial charge in [-0.3, -0.25) is 14.4 Å². The number of hydrogen-bond donors (Lipinski definition) is 1. The highest BCUT2D eigenvalue weighted by Gasteiger charge is 2.38. The maximum atomic E-state index is 11.6. The predicted molar refractivity (Wildman–Crippen MR) is 63.2 cm³/mol. The SMILES string of the molecule is CC(C)(C)OC(=O)C[C@@H](C(=O)O)N1CC(=O)CC1=O. The Labute approximate surface area is 110 Å². The molecular formula is C12H17NO6. The van der Waals surface area contributed by atoms with Crippen LogP contribution in [-0.4, -0.2) is 51.8 Å². The second-order valence-corrected chi connectivity index (χ2v) is 5.38. The molecule has 1 amide bonds. The Balaban J connectivity index is 2.74. The van der Waals surface area contributed by atoms with Gasteiger partial charge in [-0.1, -0.05) is 0 Å². The van der Waals surface area contributed by atoms with Crippen LogP contribution in [0, 0.1) is 0 Å². The van der Waals surface area contributed by atoms with Gasteiger partial charge in [0.2, 0.25) is 5.91 Å². The van der Waals surface area contributed by atoms with Gasteiger partial charge in [0, 0.05) is 0 Å². The zero-order valence-electron chi connectivity index (χ0n) is 11.1. The smallest absolute Gasteiger partial charge is 0.327 e. The first kappa shape index (κ1) is 15.1. The number of carboxylic acid groups (broad SMARTS) is 1. The van der Waals surface area contributed by atoms with E-state index in [1.807, 2.05) is 0 Å². The normalized spacial score (nSPS) is 17.5. The van der Waals surface area contributed by atoms with Crippen molar-refractivity contribution in [1.29, 1.82) is 0 Å². The topological polar surface area (TPSA) is 101 Å². The van der Waals surface area contributed by atoms with Crippen LogP contribution in [0.5, 0.6) is 0 Å². The number of carbonyl (C=O) groups is 4. The van der Waals surface area contributed by atoms with Crippen molar-refractivity contribution in [2.24, 2.45) is 0 Å². The molecule has 0 bridgehead atoms. The van der Waals surface area contributed by atoms with Crippen LogP contribution < -0.4 is 0 Å². The summed E-state index contributed by atoms with van der Waals surface area (Å²) in [7, 11) is 0.